The number of aromatic nitrogens is 4. The number of fused-ring (bicyclic) bond motifs is 1. The molecular formula is C20H34N6O2. The zero-order valence-electron chi connectivity index (χ0n) is 17.3. The van der Waals surface area contributed by atoms with Crippen molar-refractivity contribution in [2.24, 2.45) is 0 Å². The van der Waals surface area contributed by atoms with Crippen molar-refractivity contribution in [1.29, 1.82) is 0 Å². The van der Waals surface area contributed by atoms with E-state index < -0.39 is 0 Å². The number of anilines is 1. The predicted octanol–water partition coefficient (Wildman–Crippen LogP) is 3.25. The molecule has 156 valence electrons. The second-order valence-corrected chi connectivity index (χ2v) is 7.48. The van der Waals surface area contributed by atoms with Crippen LogP contribution >= 0.6 is 0 Å². The van der Waals surface area contributed by atoms with Gasteiger partial charge in [-0.1, -0.05) is 26.2 Å². The average molecular weight is 391 g/mol. The molecule has 1 aliphatic heterocycles. The molecule has 2 aromatic heterocycles. The number of methoxy groups -OCH3 is 1. The SMILES string of the molecule is CCCCOc1nc(N)c2nc(OC)n(CCCCN3CCCCCC3)c2n1. The fourth-order valence-corrected chi connectivity index (χ4v) is 3.68. The topological polar surface area (TPSA) is 91.3 Å². The third kappa shape index (κ3) is 5.25. The zero-order valence-corrected chi connectivity index (χ0v) is 17.3. The lowest BCUT2D eigenvalue weighted by atomic mass is 10.2. The van der Waals surface area contributed by atoms with Gasteiger partial charge in [-0.25, -0.2) is 0 Å². The van der Waals surface area contributed by atoms with Gasteiger partial charge in [-0.05, 0) is 51.7 Å². The minimum Gasteiger partial charge on any atom is -0.468 e. The van der Waals surface area contributed by atoms with Crippen molar-refractivity contribution in [2.45, 2.75) is 64.8 Å². The van der Waals surface area contributed by atoms with Crippen LogP contribution in [-0.4, -0.2) is 57.8 Å². The van der Waals surface area contributed by atoms with Crippen LogP contribution in [0.1, 0.15) is 58.3 Å². The molecule has 0 atom stereocenters. The Morgan fingerprint density at radius 1 is 0.964 bits per heavy atom. The number of hydrogen-bond donors (Lipinski definition) is 1. The van der Waals surface area contributed by atoms with Crippen molar-refractivity contribution in [3.05, 3.63) is 0 Å². The molecule has 1 aliphatic rings. The first-order valence-electron chi connectivity index (χ1n) is 10.7. The summed E-state index contributed by atoms with van der Waals surface area (Å²) in [4.78, 5) is 15.9. The maximum absolute atomic E-state index is 6.10. The minimum atomic E-state index is 0.312. The molecule has 0 aromatic carbocycles. The summed E-state index contributed by atoms with van der Waals surface area (Å²) in [5.74, 6) is 0.332. The Labute approximate surface area is 167 Å². The van der Waals surface area contributed by atoms with Gasteiger partial charge in [0.15, 0.2) is 17.0 Å². The molecule has 8 nitrogen and oxygen atoms in total. The lowest BCUT2D eigenvalue weighted by Crippen LogP contribution is -2.25. The van der Waals surface area contributed by atoms with Crippen molar-refractivity contribution >= 4 is 17.0 Å². The predicted molar refractivity (Wildman–Crippen MR) is 111 cm³/mol. The smallest absolute Gasteiger partial charge is 0.320 e. The fourth-order valence-electron chi connectivity index (χ4n) is 3.68. The summed E-state index contributed by atoms with van der Waals surface area (Å²) < 4.78 is 13.1. The quantitative estimate of drug-likeness (QED) is 0.623. The molecule has 1 saturated heterocycles. The molecule has 3 heterocycles. The summed E-state index contributed by atoms with van der Waals surface area (Å²) >= 11 is 0. The number of rotatable bonds is 10. The third-order valence-electron chi connectivity index (χ3n) is 5.28. The Morgan fingerprint density at radius 3 is 2.43 bits per heavy atom. The molecule has 0 radical (unpaired) electrons. The second kappa shape index (κ2) is 10.5. The summed E-state index contributed by atoms with van der Waals surface area (Å²) in [7, 11) is 1.62. The van der Waals surface area contributed by atoms with E-state index in [9.17, 15) is 0 Å². The lowest BCUT2D eigenvalue weighted by molar-refractivity contribution is 0.275. The Balaban J connectivity index is 1.66. The molecular weight excluding hydrogens is 356 g/mol. The molecule has 2 aromatic rings. The van der Waals surface area contributed by atoms with Gasteiger partial charge in [0.05, 0.1) is 13.7 Å². The molecule has 0 saturated carbocycles. The van der Waals surface area contributed by atoms with Crippen LogP contribution in [0.3, 0.4) is 0 Å². The summed E-state index contributed by atoms with van der Waals surface area (Å²) in [6.45, 7) is 7.12. The molecule has 0 unspecified atom stereocenters. The van der Waals surface area contributed by atoms with E-state index >= 15 is 0 Å². The van der Waals surface area contributed by atoms with Crippen LogP contribution in [0.15, 0.2) is 0 Å². The van der Waals surface area contributed by atoms with E-state index in [1.807, 2.05) is 4.57 Å². The molecule has 0 spiro atoms. The van der Waals surface area contributed by atoms with Crippen LogP contribution in [0.2, 0.25) is 0 Å². The van der Waals surface area contributed by atoms with E-state index in [2.05, 4.69) is 26.8 Å². The summed E-state index contributed by atoms with van der Waals surface area (Å²) in [6.07, 6.45) is 9.60. The van der Waals surface area contributed by atoms with Crippen molar-refractivity contribution in [2.75, 3.05) is 39.1 Å². The molecule has 0 amide bonds. The average Bonchev–Trinajstić information content (AvgIpc) is 2.86. The number of imidazole rings is 1. The molecule has 3 rings (SSSR count). The highest BCUT2D eigenvalue weighted by Gasteiger charge is 2.18. The first-order chi connectivity index (χ1) is 13.7. The van der Waals surface area contributed by atoms with Crippen LogP contribution < -0.4 is 15.2 Å². The maximum Gasteiger partial charge on any atom is 0.320 e. The van der Waals surface area contributed by atoms with Gasteiger partial charge in [0.2, 0.25) is 0 Å². The fraction of sp³-hybridized carbons (Fsp3) is 0.750. The van der Waals surface area contributed by atoms with E-state index in [0.717, 1.165) is 38.8 Å². The number of nitrogens with zero attached hydrogens (tertiary/aromatic N) is 5. The van der Waals surface area contributed by atoms with Gasteiger partial charge in [-0.3, -0.25) is 4.57 Å². The molecule has 0 bridgehead atoms. The summed E-state index contributed by atoms with van der Waals surface area (Å²) in [5.41, 5.74) is 7.36. The van der Waals surface area contributed by atoms with Crippen LogP contribution in [0.25, 0.3) is 11.2 Å². The maximum atomic E-state index is 6.10. The van der Waals surface area contributed by atoms with Crippen LogP contribution in [0, 0.1) is 0 Å². The third-order valence-corrected chi connectivity index (χ3v) is 5.28. The van der Waals surface area contributed by atoms with E-state index in [0.29, 0.717) is 35.6 Å². The van der Waals surface area contributed by atoms with E-state index in [1.165, 1.54) is 38.8 Å². The second-order valence-electron chi connectivity index (χ2n) is 7.48. The number of aryl methyl sites for hydroxylation is 1. The van der Waals surface area contributed by atoms with Gasteiger partial charge < -0.3 is 20.1 Å². The highest BCUT2D eigenvalue weighted by Crippen LogP contribution is 2.26. The lowest BCUT2D eigenvalue weighted by Gasteiger charge is -2.19. The molecule has 2 N–H and O–H groups in total. The van der Waals surface area contributed by atoms with Crippen molar-refractivity contribution in [1.82, 2.24) is 24.4 Å². The summed E-state index contributed by atoms with van der Waals surface area (Å²) in [6, 6.07) is 0.836. The van der Waals surface area contributed by atoms with Gasteiger partial charge in [0.1, 0.15) is 0 Å². The molecule has 8 heteroatoms. The van der Waals surface area contributed by atoms with Crippen molar-refractivity contribution < 1.29 is 9.47 Å². The number of hydrogen-bond acceptors (Lipinski definition) is 7. The Kier molecular flexibility index (Phi) is 7.71. The van der Waals surface area contributed by atoms with Gasteiger partial charge >= 0.3 is 6.01 Å². The van der Waals surface area contributed by atoms with Crippen molar-refractivity contribution in [3.8, 4) is 12.0 Å². The Bertz CT molecular complexity index is 740. The number of likely N-dealkylation sites (tertiary alicyclic amines) is 1. The zero-order chi connectivity index (χ0) is 19.8. The van der Waals surface area contributed by atoms with Gasteiger partial charge in [0.25, 0.3) is 6.01 Å². The minimum absolute atomic E-state index is 0.312. The molecule has 1 fully saturated rings. The highest BCUT2D eigenvalue weighted by atomic mass is 16.5. The van der Waals surface area contributed by atoms with Crippen LogP contribution in [-0.2, 0) is 6.54 Å². The monoisotopic (exact) mass is 390 g/mol. The van der Waals surface area contributed by atoms with E-state index in [-0.39, 0.29) is 0 Å². The van der Waals surface area contributed by atoms with Crippen LogP contribution in [0.5, 0.6) is 12.0 Å². The van der Waals surface area contributed by atoms with Gasteiger partial charge in [0, 0.05) is 6.54 Å². The largest absolute Gasteiger partial charge is 0.468 e. The highest BCUT2D eigenvalue weighted by molar-refractivity contribution is 5.83. The summed E-state index contributed by atoms with van der Waals surface area (Å²) in [5, 5.41) is 0. The van der Waals surface area contributed by atoms with E-state index in [1.54, 1.807) is 7.11 Å². The standard InChI is InChI=1S/C20H34N6O2/c1-3-4-15-28-19-23-17(21)16-18(24-19)26(20(22-16)27-2)14-10-9-13-25-11-7-5-6-8-12-25/h3-15H2,1-2H3,(H2,21,23,24). The van der Waals surface area contributed by atoms with Gasteiger partial charge in [-0.2, -0.15) is 15.0 Å². The Hall–Kier alpha value is -2.09. The number of nitrogen functional groups attached to an aromatic ring is 1. The number of unbranched alkanes of at least 4 members (excludes halogenated alkanes) is 2. The first kappa shape index (κ1) is 20.6. The van der Waals surface area contributed by atoms with Gasteiger partial charge in [-0.15, -0.1) is 0 Å². The number of ether oxygens (including phenoxy) is 2. The Morgan fingerprint density at radius 2 is 1.71 bits per heavy atom. The number of nitrogens with two attached hydrogens (primary N) is 1. The first-order valence-corrected chi connectivity index (χ1v) is 10.7. The van der Waals surface area contributed by atoms with Crippen LogP contribution in [0.4, 0.5) is 5.82 Å². The molecule has 28 heavy (non-hydrogen) atoms. The van der Waals surface area contributed by atoms with Crippen molar-refractivity contribution in [3.63, 3.8) is 0 Å². The van der Waals surface area contributed by atoms with E-state index in [4.69, 9.17) is 15.2 Å². The normalized spacial score (nSPS) is 15.6. The molecule has 0 aliphatic carbocycles.